The quantitative estimate of drug-likeness (QED) is 0.522. The molecule has 140 valence electrons. The average Bonchev–Trinajstić information content (AvgIpc) is 3.44. The minimum atomic E-state index is 0.0510. The summed E-state index contributed by atoms with van der Waals surface area (Å²) in [6.45, 7) is 1.75. The lowest BCUT2D eigenvalue weighted by atomic mass is 10.1. The van der Waals surface area contributed by atoms with Gasteiger partial charge in [0, 0.05) is 23.5 Å². The van der Waals surface area contributed by atoms with Crippen molar-refractivity contribution in [1.29, 1.82) is 0 Å². The molecule has 1 saturated heterocycles. The van der Waals surface area contributed by atoms with Gasteiger partial charge in [0.05, 0.1) is 24.6 Å². The lowest BCUT2D eigenvalue weighted by Crippen LogP contribution is -2.50. The molecule has 0 spiro atoms. The Balaban J connectivity index is 1.20. The summed E-state index contributed by atoms with van der Waals surface area (Å²) in [6, 6.07) is 12.1. The minimum Gasteiger partial charge on any atom is -0.334 e. The number of likely N-dealkylation sites (tertiary alicyclic amines) is 1. The third kappa shape index (κ3) is 3.20. The monoisotopic (exact) mass is 391 g/mol. The van der Waals surface area contributed by atoms with Gasteiger partial charge in [0.25, 0.3) is 5.91 Å². The molecule has 1 aliphatic heterocycles. The standard InChI is InChI=1S/C19H17N7OS/c27-19(15-5-3-14(4-6-15)18-2-1-9-28-18)24-12-17(13-24)25-10-16(22-23-25)11-26-20-7-8-21-26/h1-10,17H,11-13H2. The summed E-state index contributed by atoms with van der Waals surface area (Å²) in [7, 11) is 0. The van der Waals surface area contributed by atoms with E-state index < -0.39 is 0 Å². The summed E-state index contributed by atoms with van der Waals surface area (Å²) < 4.78 is 1.82. The number of benzene rings is 1. The zero-order chi connectivity index (χ0) is 18.9. The van der Waals surface area contributed by atoms with Crippen LogP contribution in [0.25, 0.3) is 10.4 Å². The van der Waals surface area contributed by atoms with Crippen LogP contribution in [0.1, 0.15) is 22.1 Å². The highest BCUT2D eigenvalue weighted by Crippen LogP contribution is 2.26. The van der Waals surface area contributed by atoms with Gasteiger partial charge in [-0.2, -0.15) is 15.0 Å². The number of thiophene rings is 1. The second kappa shape index (κ2) is 7.01. The molecule has 9 heteroatoms. The lowest BCUT2D eigenvalue weighted by molar-refractivity contribution is 0.0498. The van der Waals surface area contributed by atoms with Crippen LogP contribution in [0.4, 0.5) is 0 Å². The third-order valence-electron chi connectivity index (χ3n) is 4.79. The Morgan fingerprint density at radius 1 is 1.11 bits per heavy atom. The largest absolute Gasteiger partial charge is 0.334 e. The van der Waals surface area contributed by atoms with Gasteiger partial charge in [0.1, 0.15) is 12.2 Å². The molecule has 0 aliphatic carbocycles. The molecule has 0 radical (unpaired) electrons. The van der Waals surface area contributed by atoms with Gasteiger partial charge >= 0.3 is 0 Å². The molecule has 1 aliphatic rings. The molecule has 3 aromatic heterocycles. The summed E-state index contributed by atoms with van der Waals surface area (Å²) >= 11 is 1.69. The first-order chi connectivity index (χ1) is 13.8. The summed E-state index contributed by atoms with van der Waals surface area (Å²) in [6.07, 6.45) is 5.16. The molecule has 8 nitrogen and oxygen atoms in total. The van der Waals surface area contributed by atoms with Gasteiger partial charge in [-0.1, -0.05) is 23.4 Å². The average molecular weight is 391 g/mol. The van der Waals surface area contributed by atoms with Crippen LogP contribution < -0.4 is 0 Å². The van der Waals surface area contributed by atoms with Crippen molar-refractivity contribution in [2.24, 2.45) is 0 Å². The van der Waals surface area contributed by atoms with Crippen molar-refractivity contribution < 1.29 is 4.79 Å². The Morgan fingerprint density at radius 3 is 2.61 bits per heavy atom. The lowest BCUT2D eigenvalue weighted by Gasteiger charge is -2.38. The summed E-state index contributed by atoms with van der Waals surface area (Å²) in [5, 5.41) is 18.5. The van der Waals surface area contributed by atoms with Crippen molar-refractivity contribution in [3.05, 3.63) is 71.6 Å². The summed E-state index contributed by atoms with van der Waals surface area (Å²) in [5.41, 5.74) is 2.64. The molecular weight excluding hydrogens is 374 g/mol. The highest BCUT2D eigenvalue weighted by molar-refractivity contribution is 7.13. The van der Waals surface area contributed by atoms with Crippen molar-refractivity contribution in [2.75, 3.05) is 13.1 Å². The topological polar surface area (TPSA) is 81.7 Å². The third-order valence-corrected chi connectivity index (χ3v) is 5.71. The maximum Gasteiger partial charge on any atom is 0.253 e. The summed E-state index contributed by atoms with van der Waals surface area (Å²) in [5.74, 6) is 0.0510. The van der Waals surface area contributed by atoms with E-state index >= 15 is 0 Å². The molecule has 4 heterocycles. The fraction of sp³-hybridized carbons (Fsp3) is 0.211. The second-order valence-corrected chi connectivity index (χ2v) is 7.62. The van der Waals surface area contributed by atoms with Crippen LogP contribution >= 0.6 is 11.3 Å². The Kier molecular flexibility index (Phi) is 4.21. The van der Waals surface area contributed by atoms with Crippen LogP contribution in [0.2, 0.25) is 0 Å². The molecule has 4 aromatic rings. The Bertz CT molecular complexity index is 1060. The van der Waals surface area contributed by atoms with E-state index in [9.17, 15) is 4.79 Å². The number of carbonyl (C=O) groups is 1. The minimum absolute atomic E-state index is 0.0510. The van der Waals surface area contributed by atoms with Gasteiger partial charge < -0.3 is 4.90 Å². The highest BCUT2D eigenvalue weighted by Gasteiger charge is 2.33. The zero-order valence-electron chi connectivity index (χ0n) is 14.9. The molecule has 0 unspecified atom stereocenters. The number of amides is 1. The van der Waals surface area contributed by atoms with Crippen molar-refractivity contribution >= 4 is 17.2 Å². The number of hydrogen-bond donors (Lipinski definition) is 0. The SMILES string of the molecule is O=C(c1ccc(-c2cccs2)cc1)N1CC(n2cc(Cn3nccn3)nn2)C1. The first kappa shape index (κ1) is 16.8. The van der Waals surface area contributed by atoms with Crippen LogP contribution in [-0.4, -0.2) is 53.9 Å². The fourth-order valence-electron chi connectivity index (χ4n) is 3.23. The van der Waals surface area contributed by atoms with Gasteiger partial charge in [-0.25, -0.2) is 4.68 Å². The smallest absolute Gasteiger partial charge is 0.253 e. The number of rotatable bonds is 5. The van der Waals surface area contributed by atoms with Crippen LogP contribution in [0, 0.1) is 0 Å². The van der Waals surface area contributed by atoms with E-state index in [0.29, 0.717) is 25.2 Å². The Hall–Kier alpha value is -3.33. The number of aromatic nitrogens is 6. The molecule has 1 fully saturated rings. The molecule has 0 N–H and O–H groups in total. The predicted molar refractivity (Wildman–Crippen MR) is 104 cm³/mol. The van der Waals surface area contributed by atoms with Crippen molar-refractivity contribution in [1.82, 2.24) is 34.9 Å². The molecule has 1 aromatic carbocycles. The van der Waals surface area contributed by atoms with Gasteiger partial charge in [-0.15, -0.1) is 16.4 Å². The van der Waals surface area contributed by atoms with E-state index in [-0.39, 0.29) is 11.9 Å². The van der Waals surface area contributed by atoms with Crippen LogP contribution in [0.3, 0.4) is 0 Å². The van der Waals surface area contributed by atoms with Crippen molar-refractivity contribution in [3.63, 3.8) is 0 Å². The van der Waals surface area contributed by atoms with Gasteiger partial charge in [-0.3, -0.25) is 4.79 Å². The molecule has 0 bridgehead atoms. The Labute approximate surface area is 165 Å². The van der Waals surface area contributed by atoms with Crippen molar-refractivity contribution in [2.45, 2.75) is 12.6 Å². The van der Waals surface area contributed by atoms with Crippen LogP contribution in [0.15, 0.2) is 60.4 Å². The van der Waals surface area contributed by atoms with Gasteiger partial charge in [0.15, 0.2) is 0 Å². The van der Waals surface area contributed by atoms with Crippen LogP contribution in [-0.2, 0) is 6.54 Å². The number of carbonyl (C=O) groups excluding carboxylic acids is 1. The fourth-order valence-corrected chi connectivity index (χ4v) is 3.96. The van der Waals surface area contributed by atoms with E-state index in [1.807, 2.05) is 46.1 Å². The Morgan fingerprint density at radius 2 is 1.89 bits per heavy atom. The van der Waals surface area contributed by atoms with Crippen molar-refractivity contribution in [3.8, 4) is 10.4 Å². The molecule has 5 rings (SSSR count). The maximum absolute atomic E-state index is 12.7. The van der Waals surface area contributed by atoms with E-state index in [1.54, 1.807) is 28.5 Å². The van der Waals surface area contributed by atoms with E-state index in [1.165, 1.54) is 4.88 Å². The maximum atomic E-state index is 12.7. The summed E-state index contributed by atoms with van der Waals surface area (Å²) in [4.78, 5) is 17.3. The number of hydrogen-bond acceptors (Lipinski definition) is 6. The van der Waals surface area contributed by atoms with E-state index in [2.05, 4.69) is 32.0 Å². The number of nitrogens with zero attached hydrogens (tertiary/aromatic N) is 7. The molecule has 1 amide bonds. The molecule has 0 saturated carbocycles. The molecule has 0 atom stereocenters. The highest BCUT2D eigenvalue weighted by atomic mass is 32.1. The normalized spacial score (nSPS) is 14.2. The molecule has 28 heavy (non-hydrogen) atoms. The van der Waals surface area contributed by atoms with Crippen LogP contribution in [0.5, 0.6) is 0 Å². The first-order valence-corrected chi connectivity index (χ1v) is 9.82. The van der Waals surface area contributed by atoms with Gasteiger partial charge in [-0.05, 0) is 29.1 Å². The predicted octanol–water partition coefficient (Wildman–Crippen LogP) is 2.34. The second-order valence-electron chi connectivity index (χ2n) is 6.67. The zero-order valence-corrected chi connectivity index (χ0v) is 15.7. The van der Waals surface area contributed by atoms with E-state index in [4.69, 9.17) is 0 Å². The molecular formula is C19H17N7OS. The van der Waals surface area contributed by atoms with Gasteiger partial charge in [0.2, 0.25) is 0 Å². The van der Waals surface area contributed by atoms with E-state index in [0.717, 1.165) is 11.3 Å². The first-order valence-electron chi connectivity index (χ1n) is 8.94.